The second-order valence-electron chi connectivity index (χ2n) is 4.43. The number of nitrogens with one attached hydrogen (secondary N) is 2. The zero-order chi connectivity index (χ0) is 15.4. The van der Waals surface area contributed by atoms with Gasteiger partial charge in [0.15, 0.2) is 0 Å². The summed E-state index contributed by atoms with van der Waals surface area (Å²) in [5.41, 5.74) is 2.24. The molecule has 0 aromatic heterocycles. The zero-order valence-electron chi connectivity index (χ0n) is 11.2. The van der Waals surface area contributed by atoms with Gasteiger partial charge in [0.1, 0.15) is 0 Å². The molecule has 0 bridgehead atoms. The van der Waals surface area contributed by atoms with Gasteiger partial charge < -0.3 is 15.7 Å². The molecule has 0 heterocycles. The minimum absolute atomic E-state index is 0.117. The van der Waals surface area contributed by atoms with Crippen molar-refractivity contribution in [1.29, 1.82) is 0 Å². The lowest BCUT2D eigenvalue weighted by Crippen LogP contribution is -2.19. The Labute approximate surface area is 130 Å². The monoisotopic (exact) mass is 348 g/mol. The minimum atomic E-state index is -1.04. The quantitative estimate of drug-likeness (QED) is 0.781. The fraction of sp³-hybridized carbons (Fsp3) is 0.0667. The number of carbonyl (C=O) groups excluding carboxylic acids is 1. The van der Waals surface area contributed by atoms with E-state index in [1.807, 2.05) is 13.0 Å². The van der Waals surface area contributed by atoms with Crippen LogP contribution in [0.1, 0.15) is 15.9 Å². The fourth-order valence-electron chi connectivity index (χ4n) is 1.69. The number of aromatic carboxylic acids is 1. The third-order valence-corrected chi connectivity index (χ3v) is 3.65. The highest BCUT2D eigenvalue weighted by Gasteiger charge is 2.07. The Kier molecular flexibility index (Phi) is 4.59. The number of amides is 2. The lowest BCUT2D eigenvalue weighted by molar-refractivity contribution is 0.0697. The van der Waals surface area contributed by atoms with E-state index in [0.29, 0.717) is 11.4 Å². The van der Waals surface area contributed by atoms with Gasteiger partial charge in [0.25, 0.3) is 0 Å². The Morgan fingerprint density at radius 2 is 1.71 bits per heavy atom. The third-order valence-electron chi connectivity index (χ3n) is 2.80. The molecule has 0 radical (unpaired) electrons. The molecule has 2 aromatic rings. The van der Waals surface area contributed by atoms with Crippen LogP contribution in [-0.2, 0) is 0 Å². The summed E-state index contributed by atoms with van der Waals surface area (Å²) in [4.78, 5) is 22.7. The number of hydrogen-bond acceptors (Lipinski definition) is 2. The van der Waals surface area contributed by atoms with Crippen LogP contribution in [0.5, 0.6) is 0 Å². The molecule has 0 spiro atoms. The molecule has 3 N–H and O–H groups in total. The van der Waals surface area contributed by atoms with Crippen molar-refractivity contribution in [3.63, 3.8) is 0 Å². The summed E-state index contributed by atoms with van der Waals surface area (Å²) in [5, 5.41) is 14.2. The van der Waals surface area contributed by atoms with Crippen LogP contribution in [0.4, 0.5) is 16.2 Å². The number of carbonyl (C=O) groups is 2. The van der Waals surface area contributed by atoms with Crippen LogP contribution in [-0.4, -0.2) is 17.1 Å². The molecule has 0 saturated heterocycles. The van der Waals surface area contributed by atoms with E-state index >= 15 is 0 Å². The standard InChI is InChI=1S/C15H13BrN2O3/c1-9-5-6-12(8-13(9)16)18-15(21)17-11-4-2-3-10(7-11)14(19)20/h2-8H,1H3,(H,19,20)(H2,17,18,21). The lowest BCUT2D eigenvalue weighted by atomic mass is 10.2. The van der Waals surface area contributed by atoms with Crippen molar-refractivity contribution in [2.45, 2.75) is 6.92 Å². The number of aryl methyl sites for hydroxylation is 1. The van der Waals surface area contributed by atoms with Crippen LogP contribution in [0.15, 0.2) is 46.9 Å². The fourth-order valence-corrected chi connectivity index (χ4v) is 2.07. The van der Waals surface area contributed by atoms with E-state index in [4.69, 9.17) is 5.11 Å². The van der Waals surface area contributed by atoms with Crippen LogP contribution in [0, 0.1) is 6.92 Å². The van der Waals surface area contributed by atoms with E-state index in [-0.39, 0.29) is 5.56 Å². The topological polar surface area (TPSA) is 78.4 Å². The van der Waals surface area contributed by atoms with Gasteiger partial charge in [0.05, 0.1) is 5.56 Å². The number of hydrogen-bond donors (Lipinski definition) is 3. The maximum absolute atomic E-state index is 11.9. The van der Waals surface area contributed by atoms with Gasteiger partial charge in [-0.2, -0.15) is 0 Å². The summed E-state index contributed by atoms with van der Waals surface area (Å²) in [6.45, 7) is 1.95. The highest BCUT2D eigenvalue weighted by atomic mass is 79.9. The van der Waals surface area contributed by atoms with Gasteiger partial charge in [-0.05, 0) is 42.8 Å². The van der Waals surface area contributed by atoms with Crippen LogP contribution in [0.3, 0.4) is 0 Å². The van der Waals surface area contributed by atoms with Gasteiger partial charge in [0.2, 0.25) is 0 Å². The largest absolute Gasteiger partial charge is 0.478 e. The zero-order valence-corrected chi connectivity index (χ0v) is 12.8. The van der Waals surface area contributed by atoms with Crippen molar-refractivity contribution < 1.29 is 14.7 Å². The molecule has 108 valence electrons. The highest BCUT2D eigenvalue weighted by molar-refractivity contribution is 9.10. The first-order valence-electron chi connectivity index (χ1n) is 6.13. The van der Waals surface area contributed by atoms with E-state index in [0.717, 1.165) is 10.0 Å². The number of halogens is 1. The Morgan fingerprint density at radius 1 is 1.05 bits per heavy atom. The van der Waals surface area contributed by atoms with Crippen molar-refractivity contribution >= 4 is 39.3 Å². The average Bonchev–Trinajstić information content (AvgIpc) is 2.43. The normalized spacial score (nSPS) is 10.0. The first-order valence-corrected chi connectivity index (χ1v) is 6.92. The van der Waals surface area contributed by atoms with Crippen LogP contribution >= 0.6 is 15.9 Å². The Bertz CT molecular complexity index is 701. The van der Waals surface area contributed by atoms with Crippen molar-refractivity contribution in [1.82, 2.24) is 0 Å². The maximum atomic E-state index is 11.9. The average molecular weight is 349 g/mol. The number of carboxylic acid groups (broad SMARTS) is 1. The van der Waals surface area contributed by atoms with E-state index in [9.17, 15) is 9.59 Å². The molecule has 0 atom stereocenters. The molecule has 21 heavy (non-hydrogen) atoms. The molecule has 0 aliphatic rings. The van der Waals surface area contributed by atoms with Crippen molar-refractivity contribution in [2.24, 2.45) is 0 Å². The van der Waals surface area contributed by atoms with Crippen LogP contribution < -0.4 is 10.6 Å². The predicted octanol–water partition coefficient (Wildman–Crippen LogP) is 4.10. The number of anilines is 2. The summed E-state index contributed by atoms with van der Waals surface area (Å²) in [5.74, 6) is -1.04. The molecule has 2 amide bonds. The summed E-state index contributed by atoms with van der Waals surface area (Å²) >= 11 is 3.39. The summed E-state index contributed by atoms with van der Waals surface area (Å²) in [6.07, 6.45) is 0. The molecular formula is C15H13BrN2O3. The maximum Gasteiger partial charge on any atom is 0.335 e. The molecule has 2 rings (SSSR count). The molecule has 0 fully saturated rings. The molecule has 0 unspecified atom stereocenters. The highest BCUT2D eigenvalue weighted by Crippen LogP contribution is 2.21. The number of urea groups is 1. The van der Waals surface area contributed by atoms with E-state index in [1.165, 1.54) is 12.1 Å². The molecule has 0 aliphatic carbocycles. The first kappa shape index (κ1) is 15.1. The summed E-state index contributed by atoms with van der Waals surface area (Å²) in [7, 11) is 0. The Morgan fingerprint density at radius 3 is 2.33 bits per heavy atom. The van der Waals surface area contributed by atoms with Gasteiger partial charge in [-0.3, -0.25) is 0 Å². The summed E-state index contributed by atoms with van der Waals surface area (Å²) < 4.78 is 0.896. The van der Waals surface area contributed by atoms with Crippen LogP contribution in [0.2, 0.25) is 0 Å². The second-order valence-corrected chi connectivity index (χ2v) is 5.28. The Hall–Kier alpha value is -2.34. The minimum Gasteiger partial charge on any atom is -0.478 e. The molecule has 6 heteroatoms. The van der Waals surface area contributed by atoms with E-state index in [1.54, 1.807) is 24.3 Å². The lowest BCUT2D eigenvalue weighted by Gasteiger charge is -2.09. The second kappa shape index (κ2) is 6.41. The summed E-state index contributed by atoms with van der Waals surface area (Å²) in [6, 6.07) is 11.1. The molecule has 5 nitrogen and oxygen atoms in total. The van der Waals surface area contributed by atoms with Crippen molar-refractivity contribution in [3.05, 3.63) is 58.1 Å². The molecular weight excluding hydrogens is 336 g/mol. The van der Waals surface area contributed by atoms with E-state index in [2.05, 4.69) is 26.6 Å². The third kappa shape index (κ3) is 4.06. The SMILES string of the molecule is Cc1ccc(NC(=O)Nc2cccc(C(=O)O)c2)cc1Br. The van der Waals surface area contributed by atoms with Crippen LogP contribution in [0.25, 0.3) is 0 Å². The van der Waals surface area contributed by atoms with Crippen molar-refractivity contribution in [3.8, 4) is 0 Å². The van der Waals surface area contributed by atoms with Gasteiger partial charge in [-0.1, -0.05) is 28.1 Å². The van der Waals surface area contributed by atoms with Gasteiger partial charge in [0, 0.05) is 15.8 Å². The van der Waals surface area contributed by atoms with Crippen molar-refractivity contribution in [2.75, 3.05) is 10.6 Å². The molecule has 2 aromatic carbocycles. The van der Waals surface area contributed by atoms with Gasteiger partial charge in [-0.15, -0.1) is 0 Å². The smallest absolute Gasteiger partial charge is 0.335 e. The number of rotatable bonds is 3. The molecule has 0 aliphatic heterocycles. The number of carboxylic acids is 1. The van der Waals surface area contributed by atoms with Gasteiger partial charge in [-0.25, -0.2) is 9.59 Å². The Balaban J connectivity index is 2.06. The van der Waals surface area contributed by atoms with E-state index < -0.39 is 12.0 Å². The molecule has 0 saturated carbocycles. The first-order chi connectivity index (χ1) is 9.95. The van der Waals surface area contributed by atoms with Gasteiger partial charge >= 0.3 is 12.0 Å². The number of benzene rings is 2. The predicted molar refractivity (Wildman–Crippen MR) is 84.9 cm³/mol.